The van der Waals surface area contributed by atoms with Crippen molar-refractivity contribution in [2.45, 2.75) is 134 Å². The second-order valence-electron chi connectivity index (χ2n) is 41.1. The van der Waals surface area contributed by atoms with Gasteiger partial charge in [0.1, 0.15) is 46.0 Å². The standard InChI is InChI=1S/C92H112O24P8S8/c1-85(2)45-93-117(125,94-46-85)109-73-41-74(110-118(126)95-47-86(3,4)48-96-118)66-37-65(73)81(61-29-21-17-22-30-61)67-38-68(76(112-120(128)99-51-88(7,8)52-100-120)42-75(67)111-119(127)97-49-87(5,6)50-98-119)83(63-33-25-19-26-34-63)71-40-72(80(116-124(132)107-59-92(15,16)60-108-124)44-79(71)115-123(131)105-57-91(13,14)58-106-123)84(64-35-27-20-28-36-64)70-39-69(82(66)62-31-23-18-24-32-62)77(113-121(129)101-53-89(9,10)54-102-121)43-78(70)114-122(130)103-55-90(11,12)56-104-122/h17-44,81-84H,45-60H2,1-16H3. The molecular formula is C92H112O24P8S8. The Kier molecular flexibility index (Phi) is 28.8. The monoisotopic (exact) mass is 2100 g/mol. The molecule has 1 aliphatic carbocycles. The fourth-order valence-corrected chi connectivity index (χ4v) is 32.8. The summed E-state index contributed by atoms with van der Waals surface area (Å²) < 4.78 is 170. The van der Waals surface area contributed by atoms with Crippen LogP contribution >= 0.6 is 53.7 Å². The van der Waals surface area contributed by atoms with Gasteiger partial charge in [-0.15, -0.1) is 0 Å². The Hall–Kier alpha value is -3.28. The van der Waals surface area contributed by atoms with Crippen molar-refractivity contribution < 1.29 is 109 Å². The first-order valence-electron chi connectivity index (χ1n) is 43.5. The Morgan fingerprint density at radius 1 is 0.182 bits per heavy atom. The Morgan fingerprint density at radius 2 is 0.288 bits per heavy atom. The largest absolute Gasteiger partial charge is 0.424 e. The van der Waals surface area contributed by atoms with Crippen LogP contribution in [-0.4, -0.2) is 106 Å². The Labute approximate surface area is 816 Å². The highest BCUT2D eigenvalue weighted by Gasteiger charge is 2.50. The highest BCUT2D eigenvalue weighted by molar-refractivity contribution is 8.10. The minimum atomic E-state index is -3.91. The van der Waals surface area contributed by atoms with Crippen molar-refractivity contribution >= 4 is 148 Å². The molecule has 40 heteroatoms. The van der Waals surface area contributed by atoms with Crippen LogP contribution in [0.2, 0.25) is 0 Å². The van der Waals surface area contributed by atoms with Gasteiger partial charge in [-0.1, -0.05) is 232 Å². The first kappa shape index (κ1) is 100. The van der Waals surface area contributed by atoms with Crippen LogP contribution in [0, 0.1) is 43.3 Å². The van der Waals surface area contributed by atoms with Gasteiger partial charge in [-0.25, -0.2) is 0 Å². The molecule has 0 saturated carbocycles. The molecule has 8 heterocycles. The summed E-state index contributed by atoms with van der Waals surface area (Å²) in [5.41, 5.74) is 2.04. The summed E-state index contributed by atoms with van der Waals surface area (Å²) in [6.45, 7) is 3.88. The van der Waals surface area contributed by atoms with Crippen LogP contribution in [0.4, 0.5) is 0 Å². The molecule has 132 heavy (non-hydrogen) atoms. The molecule has 8 aromatic carbocycles. The third kappa shape index (κ3) is 23.4. The summed E-state index contributed by atoms with van der Waals surface area (Å²) in [4.78, 5) is 0. The molecule has 0 radical (unpaired) electrons. The van der Waals surface area contributed by atoms with E-state index in [2.05, 4.69) is 0 Å². The fraction of sp³-hybridized carbons (Fsp3) is 0.478. The maximum absolute atomic E-state index is 7.62. The highest BCUT2D eigenvalue weighted by Crippen LogP contribution is 2.70. The smallest absolute Gasteiger partial charge is 0.380 e. The summed E-state index contributed by atoms with van der Waals surface area (Å²) in [6.07, 6.45) is 0. The molecule has 8 aromatic rings. The molecule has 9 aliphatic rings. The minimum Gasteiger partial charge on any atom is -0.424 e. The van der Waals surface area contributed by atoms with E-state index in [1.54, 1.807) is 24.3 Å². The highest BCUT2D eigenvalue weighted by atomic mass is 32.5. The molecule has 17 rings (SSSR count). The van der Waals surface area contributed by atoms with Crippen LogP contribution < -0.4 is 36.2 Å². The van der Waals surface area contributed by atoms with E-state index in [0.29, 0.717) is 66.8 Å². The van der Waals surface area contributed by atoms with Gasteiger partial charge in [0, 0.05) is 230 Å². The van der Waals surface area contributed by atoms with Crippen LogP contribution in [0.15, 0.2) is 170 Å². The quantitative estimate of drug-likeness (QED) is 0.0647. The first-order chi connectivity index (χ1) is 61.9. The van der Waals surface area contributed by atoms with Crippen LogP contribution in [0.5, 0.6) is 46.0 Å². The SMILES string of the molecule is CC1(C)COP(=S)(Oc2cc(OP3(=S)OCC(C)(C)CO3)c3cc2C(c2ccccc2)c2cc(c(OP4(=S)OCC(C)(C)CO4)cc2OP2(=S)OCC(C)(C)CO2)C(c2ccccc2)c2cc(c(OP4(=S)OCC(C)(C)CO4)cc2OP2(=S)OCC(C)(C)CO2)C(c2ccccc2)c2cc(c(OP4(=S)OCC(C)(C)CO4)cc2OP2(=S)OCC(C)(C)CO2)C3c2ccccc2)OC1. The molecule has 0 amide bonds. The Morgan fingerprint density at radius 3 is 0.394 bits per heavy atom. The number of rotatable bonds is 20. The van der Waals surface area contributed by atoms with Crippen molar-refractivity contribution in [2.75, 3.05) is 106 Å². The van der Waals surface area contributed by atoms with Gasteiger partial charge >= 0.3 is 53.7 Å². The lowest BCUT2D eigenvalue weighted by Gasteiger charge is -2.39. The van der Waals surface area contributed by atoms with Gasteiger partial charge in [-0.3, -0.25) is 72.4 Å². The molecule has 0 unspecified atom stereocenters. The predicted molar refractivity (Wildman–Crippen MR) is 540 cm³/mol. The van der Waals surface area contributed by atoms with Gasteiger partial charge < -0.3 is 36.2 Å². The van der Waals surface area contributed by atoms with E-state index in [-0.39, 0.29) is 152 Å². The normalized spacial score (nSPS) is 26.1. The molecular weight excluding hydrogens is 1990 g/mol. The van der Waals surface area contributed by atoms with E-state index in [4.69, 9.17) is 203 Å². The lowest BCUT2D eigenvalue weighted by molar-refractivity contribution is 0.0396. The van der Waals surface area contributed by atoms with Crippen LogP contribution in [0.1, 0.15) is 201 Å². The molecule has 8 fully saturated rings. The zero-order valence-corrected chi connectivity index (χ0v) is 90.1. The number of hydrogen-bond acceptors (Lipinski definition) is 32. The Bertz CT molecular complexity index is 5020. The predicted octanol–water partition coefficient (Wildman–Crippen LogP) is 26.1. The average Bonchev–Trinajstić information content (AvgIpc) is 0.721. The van der Waals surface area contributed by atoms with E-state index >= 15 is 0 Å². The lowest BCUT2D eigenvalue weighted by Crippen LogP contribution is -2.31. The van der Waals surface area contributed by atoms with Crippen molar-refractivity contribution in [2.24, 2.45) is 43.3 Å². The minimum absolute atomic E-state index is 0.118. The number of fused-ring (bicyclic) bond motifs is 8. The van der Waals surface area contributed by atoms with Crippen molar-refractivity contribution in [1.29, 1.82) is 0 Å². The maximum atomic E-state index is 7.62. The second kappa shape index (κ2) is 37.9. The van der Waals surface area contributed by atoms with E-state index < -0.39 is 121 Å². The van der Waals surface area contributed by atoms with E-state index in [0.717, 1.165) is 0 Å². The zero-order chi connectivity index (χ0) is 93.9. The summed E-state index contributed by atoms with van der Waals surface area (Å²) in [5, 5.41) is 0. The number of hydrogen-bond donors (Lipinski definition) is 0. The van der Waals surface area contributed by atoms with Crippen LogP contribution in [0.3, 0.4) is 0 Å². The van der Waals surface area contributed by atoms with Crippen molar-refractivity contribution in [3.8, 4) is 46.0 Å². The van der Waals surface area contributed by atoms with Crippen LogP contribution in [-0.2, 0) is 167 Å². The molecule has 0 aromatic heterocycles. The average molecular weight is 2110 g/mol. The molecule has 0 spiro atoms. The summed E-state index contributed by atoms with van der Waals surface area (Å²) in [5.74, 6) is -3.60. The molecule has 0 atom stereocenters. The van der Waals surface area contributed by atoms with Crippen molar-refractivity contribution in [3.63, 3.8) is 0 Å². The van der Waals surface area contributed by atoms with Gasteiger partial charge in [0.25, 0.3) is 0 Å². The summed E-state index contributed by atoms with van der Waals surface area (Å²) in [7, 11) is 0. The third-order valence-corrected chi connectivity index (χ3v) is 40.4. The fourth-order valence-electron chi connectivity index (χ4n) is 15.6. The molecule has 8 saturated heterocycles. The van der Waals surface area contributed by atoms with Gasteiger partial charge in [0.15, 0.2) is 0 Å². The molecule has 712 valence electrons. The maximum Gasteiger partial charge on any atom is 0.380 e. The summed E-state index contributed by atoms with van der Waals surface area (Å²) >= 11 is 53.4. The molecule has 24 nitrogen and oxygen atoms in total. The van der Waals surface area contributed by atoms with Gasteiger partial charge in [0.05, 0.1) is 106 Å². The van der Waals surface area contributed by atoms with Crippen LogP contribution in [0.25, 0.3) is 0 Å². The second-order valence-corrected chi connectivity index (χ2v) is 64.6. The van der Waals surface area contributed by atoms with Crippen molar-refractivity contribution in [1.82, 2.24) is 0 Å². The number of benzene rings is 8. The van der Waals surface area contributed by atoms with E-state index in [9.17, 15) is 0 Å². The molecule has 8 aliphatic heterocycles. The first-order valence-corrected chi connectivity index (χ1v) is 63.9. The topological polar surface area (TPSA) is 222 Å². The summed E-state index contributed by atoms with van der Waals surface area (Å²) in [6, 6.07) is 54.7. The van der Waals surface area contributed by atoms with Crippen molar-refractivity contribution in [3.05, 3.63) is 237 Å². The third-order valence-electron chi connectivity index (χ3n) is 23.1. The Balaban J connectivity index is 1.10. The molecule has 8 bridgehead atoms. The van der Waals surface area contributed by atoms with Gasteiger partial charge in [-0.05, 0) is 46.5 Å². The van der Waals surface area contributed by atoms with E-state index in [1.807, 2.05) is 256 Å². The molecule has 0 N–H and O–H groups in total. The van der Waals surface area contributed by atoms with Gasteiger partial charge in [-0.2, -0.15) is 0 Å². The zero-order valence-electron chi connectivity index (χ0n) is 76.4. The van der Waals surface area contributed by atoms with Gasteiger partial charge in [0.2, 0.25) is 0 Å². The lowest BCUT2D eigenvalue weighted by atomic mass is 9.75. The van der Waals surface area contributed by atoms with E-state index in [1.165, 1.54) is 0 Å².